The molecule has 1 fully saturated rings. The number of nitrogen functional groups attached to an aromatic ring is 1. The molecule has 0 aliphatic carbocycles. The Kier molecular flexibility index (Phi) is 6.74. The van der Waals surface area contributed by atoms with Crippen molar-refractivity contribution >= 4 is 23.5 Å². The van der Waals surface area contributed by atoms with Crippen LogP contribution in [0.4, 0.5) is 11.9 Å². The van der Waals surface area contributed by atoms with Gasteiger partial charge in [-0.3, -0.25) is 0 Å². The van der Waals surface area contributed by atoms with Crippen LogP contribution in [0.5, 0.6) is 0 Å². The Balaban J connectivity index is 1.54. The van der Waals surface area contributed by atoms with Gasteiger partial charge in [-0.2, -0.15) is 4.98 Å². The van der Waals surface area contributed by atoms with Crippen molar-refractivity contribution in [3.05, 3.63) is 34.9 Å². The first kappa shape index (κ1) is 19.0. The van der Waals surface area contributed by atoms with Gasteiger partial charge >= 0.3 is 0 Å². The average molecular weight is 378 g/mol. The zero-order chi connectivity index (χ0) is 18.4. The highest BCUT2D eigenvalue weighted by atomic mass is 35.5. The molecule has 1 aliphatic heterocycles. The van der Waals surface area contributed by atoms with Gasteiger partial charge in [0.1, 0.15) is 0 Å². The first-order valence-electron chi connectivity index (χ1n) is 9.44. The number of aryl methyl sites for hydroxylation is 1. The van der Waals surface area contributed by atoms with E-state index in [0.29, 0.717) is 23.7 Å². The summed E-state index contributed by atoms with van der Waals surface area (Å²) in [4.78, 5) is 6.47. The third-order valence-corrected chi connectivity index (χ3v) is 5.60. The summed E-state index contributed by atoms with van der Waals surface area (Å²) in [6.07, 6.45) is 6.49. The van der Waals surface area contributed by atoms with E-state index in [9.17, 15) is 5.11 Å². The molecule has 1 aromatic carbocycles. The van der Waals surface area contributed by atoms with Crippen molar-refractivity contribution in [2.24, 2.45) is 11.8 Å². The summed E-state index contributed by atoms with van der Waals surface area (Å²) >= 11 is 5.96. The molecule has 0 saturated carbocycles. The number of nitrogens with two attached hydrogens (primary N) is 1. The van der Waals surface area contributed by atoms with E-state index >= 15 is 0 Å². The number of benzene rings is 1. The molecule has 142 valence electrons. The van der Waals surface area contributed by atoms with E-state index in [0.717, 1.165) is 43.8 Å². The summed E-state index contributed by atoms with van der Waals surface area (Å²) < 4.78 is 0. The van der Waals surface area contributed by atoms with Gasteiger partial charge in [-0.05, 0) is 68.1 Å². The minimum absolute atomic E-state index is 0.252. The number of nitrogens with one attached hydrogen (secondary N) is 1. The largest absolute Gasteiger partial charge is 0.396 e. The van der Waals surface area contributed by atoms with E-state index in [-0.39, 0.29) is 6.61 Å². The van der Waals surface area contributed by atoms with Gasteiger partial charge in [0.25, 0.3) is 0 Å². The standard InChI is InChI=1S/C19H28ClN5O/c20-17-8-6-14(7-9-17)3-1-4-15-10-11-25(13-16(15)5-2-12-26)19-22-18(21)23-24-19/h6-9,15-16,26H,1-5,10-13H2,(H3,21,22,23,24). The zero-order valence-corrected chi connectivity index (χ0v) is 15.8. The third-order valence-electron chi connectivity index (χ3n) is 5.35. The molecule has 0 spiro atoms. The molecule has 26 heavy (non-hydrogen) atoms. The molecule has 2 heterocycles. The molecule has 0 amide bonds. The molecular formula is C19H28ClN5O. The predicted molar refractivity (Wildman–Crippen MR) is 105 cm³/mol. The SMILES string of the molecule is Nc1nc(N2CCC(CCCc3ccc(Cl)cc3)C(CCCO)C2)n[nH]1. The second-order valence-corrected chi connectivity index (χ2v) is 7.60. The van der Waals surface area contributed by atoms with E-state index in [2.05, 4.69) is 32.2 Å². The molecule has 3 rings (SSSR count). The highest BCUT2D eigenvalue weighted by Gasteiger charge is 2.30. The van der Waals surface area contributed by atoms with Crippen LogP contribution in [0.15, 0.2) is 24.3 Å². The Morgan fingerprint density at radius 1 is 1.19 bits per heavy atom. The van der Waals surface area contributed by atoms with E-state index in [1.165, 1.54) is 18.4 Å². The van der Waals surface area contributed by atoms with E-state index in [1.807, 2.05) is 12.1 Å². The molecule has 0 radical (unpaired) electrons. The lowest BCUT2D eigenvalue weighted by molar-refractivity contribution is 0.212. The van der Waals surface area contributed by atoms with Crippen LogP contribution in [-0.2, 0) is 6.42 Å². The number of nitrogens with zero attached hydrogens (tertiary/aromatic N) is 3. The second kappa shape index (κ2) is 9.24. The molecule has 1 aromatic heterocycles. The van der Waals surface area contributed by atoms with Crippen molar-refractivity contribution in [3.63, 3.8) is 0 Å². The smallest absolute Gasteiger partial charge is 0.246 e. The summed E-state index contributed by atoms with van der Waals surface area (Å²) in [6.45, 7) is 2.14. The quantitative estimate of drug-likeness (QED) is 0.656. The molecule has 1 aliphatic rings. The number of aromatic amines is 1. The fraction of sp³-hybridized carbons (Fsp3) is 0.579. The van der Waals surface area contributed by atoms with Crippen molar-refractivity contribution in [2.75, 3.05) is 30.3 Å². The minimum atomic E-state index is 0.252. The summed E-state index contributed by atoms with van der Waals surface area (Å²) in [5.74, 6) is 2.29. The molecule has 6 nitrogen and oxygen atoms in total. The Morgan fingerprint density at radius 3 is 2.65 bits per heavy atom. The van der Waals surface area contributed by atoms with Crippen LogP contribution in [0.25, 0.3) is 0 Å². The van der Waals surface area contributed by atoms with Crippen LogP contribution in [0.3, 0.4) is 0 Å². The molecule has 2 aromatic rings. The summed E-state index contributed by atoms with van der Waals surface area (Å²) in [5, 5.41) is 16.9. The van der Waals surface area contributed by atoms with Crippen molar-refractivity contribution in [1.82, 2.24) is 15.2 Å². The van der Waals surface area contributed by atoms with Crippen LogP contribution in [0, 0.1) is 11.8 Å². The third kappa shape index (κ3) is 5.11. The Bertz CT molecular complexity index is 675. The first-order chi connectivity index (χ1) is 12.7. The van der Waals surface area contributed by atoms with E-state index in [1.54, 1.807) is 0 Å². The van der Waals surface area contributed by atoms with Gasteiger partial charge in [-0.15, -0.1) is 5.10 Å². The average Bonchev–Trinajstić information content (AvgIpc) is 3.08. The zero-order valence-electron chi connectivity index (χ0n) is 15.1. The molecule has 1 saturated heterocycles. The summed E-state index contributed by atoms with van der Waals surface area (Å²) in [7, 11) is 0. The van der Waals surface area contributed by atoms with Crippen molar-refractivity contribution in [1.29, 1.82) is 0 Å². The lowest BCUT2D eigenvalue weighted by atomic mass is 9.79. The molecule has 0 bridgehead atoms. The number of aliphatic hydroxyl groups excluding tert-OH is 1. The van der Waals surface area contributed by atoms with Crippen LogP contribution in [-0.4, -0.2) is 40.0 Å². The van der Waals surface area contributed by atoms with Crippen LogP contribution in [0.2, 0.25) is 5.02 Å². The maximum absolute atomic E-state index is 9.25. The van der Waals surface area contributed by atoms with Gasteiger partial charge in [-0.25, -0.2) is 5.10 Å². The highest BCUT2D eigenvalue weighted by molar-refractivity contribution is 6.30. The molecule has 7 heteroatoms. The molecule has 2 atom stereocenters. The predicted octanol–water partition coefficient (Wildman–Crippen LogP) is 3.28. The maximum atomic E-state index is 9.25. The van der Waals surface area contributed by atoms with Crippen LogP contribution in [0.1, 0.15) is 37.7 Å². The van der Waals surface area contributed by atoms with E-state index < -0.39 is 0 Å². The lowest BCUT2D eigenvalue weighted by Crippen LogP contribution is -2.41. The lowest BCUT2D eigenvalue weighted by Gasteiger charge is -2.38. The fourth-order valence-corrected chi connectivity index (χ4v) is 4.07. The van der Waals surface area contributed by atoms with Gasteiger partial charge in [0, 0.05) is 24.7 Å². The molecule has 2 unspecified atom stereocenters. The number of hydrogen-bond acceptors (Lipinski definition) is 5. The number of rotatable bonds is 8. The van der Waals surface area contributed by atoms with Crippen molar-refractivity contribution in [3.8, 4) is 0 Å². The topological polar surface area (TPSA) is 91.1 Å². The number of piperidine rings is 1. The number of H-pyrrole nitrogens is 1. The van der Waals surface area contributed by atoms with E-state index in [4.69, 9.17) is 17.3 Å². The van der Waals surface area contributed by atoms with Gasteiger partial charge in [0.15, 0.2) is 0 Å². The van der Waals surface area contributed by atoms with Gasteiger partial charge in [0.2, 0.25) is 11.9 Å². The van der Waals surface area contributed by atoms with Gasteiger partial charge in [0.05, 0.1) is 0 Å². The number of anilines is 2. The Morgan fingerprint density at radius 2 is 1.96 bits per heavy atom. The maximum Gasteiger partial charge on any atom is 0.246 e. The highest BCUT2D eigenvalue weighted by Crippen LogP contribution is 2.32. The van der Waals surface area contributed by atoms with Gasteiger partial charge < -0.3 is 15.7 Å². The monoisotopic (exact) mass is 377 g/mol. The number of hydrogen-bond donors (Lipinski definition) is 3. The number of aromatic nitrogens is 3. The second-order valence-electron chi connectivity index (χ2n) is 7.16. The number of aliphatic hydroxyl groups is 1. The minimum Gasteiger partial charge on any atom is -0.396 e. The van der Waals surface area contributed by atoms with Crippen LogP contribution < -0.4 is 10.6 Å². The summed E-state index contributed by atoms with van der Waals surface area (Å²) in [6, 6.07) is 8.15. The summed E-state index contributed by atoms with van der Waals surface area (Å²) in [5.41, 5.74) is 7.00. The molecular weight excluding hydrogens is 350 g/mol. The van der Waals surface area contributed by atoms with Crippen molar-refractivity contribution in [2.45, 2.75) is 38.5 Å². The Labute approximate surface area is 159 Å². The fourth-order valence-electron chi connectivity index (χ4n) is 3.95. The molecule has 4 N–H and O–H groups in total. The van der Waals surface area contributed by atoms with Gasteiger partial charge in [-0.1, -0.05) is 23.7 Å². The number of halogens is 1. The normalized spacial score (nSPS) is 20.5. The Hall–Kier alpha value is -1.79. The van der Waals surface area contributed by atoms with Crippen LogP contribution >= 0.6 is 11.6 Å². The van der Waals surface area contributed by atoms with Crippen molar-refractivity contribution < 1.29 is 5.11 Å². The first-order valence-corrected chi connectivity index (χ1v) is 9.81.